The van der Waals surface area contributed by atoms with Crippen LogP contribution in [0.1, 0.15) is 20.3 Å². The number of thioether (sulfide) groups is 1. The number of carbonyl (C=O) groups is 1. The summed E-state index contributed by atoms with van der Waals surface area (Å²) in [6.07, 6.45) is 3.81. The Labute approximate surface area is 135 Å². The Morgan fingerprint density at radius 3 is 2.55 bits per heavy atom. The first-order valence-electron chi connectivity index (χ1n) is 7.46. The van der Waals surface area contributed by atoms with Crippen LogP contribution in [-0.4, -0.2) is 32.7 Å². The number of hydrogen-bond donors (Lipinski definition) is 1. The Bertz CT molecular complexity index is 557. The van der Waals surface area contributed by atoms with Crippen LogP contribution in [0.5, 0.6) is 0 Å². The highest BCUT2D eigenvalue weighted by Gasteiger charge is 2.17. The Morgan fingerprint density at radius 1 is 1.23 bits per heavy atom. The molecule has 2 rings (SSSR count). The topological polar surface area (TPSA) is 59.8 Å². The average molecular weight is 318 g/mol. The number of nitrogens with one attached hydrogen (secondary N) is 1. The Hall–Kier alpha value is -1.82. The van der Waals surface area contributed by atoms with Gasteiger partial charge >= 0.3 is 0 Å². The van der Waals surface area contributed by atoms with Crippen LogP contribution in [0.4, 0.5) is 0 Å². The number of aromatic nitrogens is 3. The van der Waals surface area contributed by atoms with Gasteiger partial charge in [0.2, 0.25) is 5.91 Å². The number of benzene rings is 1. The predicted molar refractivity (Wildman–Crippen MR) is 88.6 cm³/mol. The molecule has 6 heteroatoms. The molecule has 22 heavy (non-hydrogen) atoms. The van der Waals surface area contributed by atoms with E-state index in [0.29, 0.717) is 18.9 Å². The van der Waals surface area contributed by atoms with Gasteiger partial charge in [0.25, 0.3) is 0 Å². The fourth-order valence-electron chi connectivity index (χ4n) is 1.99. The van der Waals surface area contributed by atoms with Gasteiger partial charge in [0.1, 0.15) is 0 Å². The van der Waals surface area contributed by atoms with Gasteiger partial charge in [-0.15, -0.1) is 11.8 Å². The van der Waals surface area contributed by atoms with Crippen molar-refractivity contribution in [3.63, 3.8) is 0 Å². The average Bonchev–Trinajstić information content (AvgIpc) is 3.00. The molecule has 0 aliphatic rings. The van der Waals surface area contributed by atoms with Crippen molar-refractivity contribution >= 4 is 17.7 Å². The van der Waals surface area contributed by atoms with E-state index >= 15 is 0 Å². The maximum atomic E-state index is 12.1. The van der Waals surface area contributed by atoms with Gasteiger partial charge in [-0.25, -0.2) is 0 Å². The quantitative estimate of drug-likeness (QED) is 0.760. The van der Waals surface area contributed by atoms with Crippen molar-refractivity contribution in [1.82, 2.24) is 20.3 Å². The SMILES string of the molecule is CC(C)C(Cn1nccn1)NC(=O)CCSc1ccccc1. The van der Waals surface area contributed by atoms with Crippen LogP contribution >= 0.6 is 11.8 Å². The molecule has 1 unspecified atom stereocenters. The second-order valence-electron chi connectivity index (χ2n) is 5.41. The third-order valence-electron chi connectivity index (χ3n) is 3.32. The maximum Gasteiger partial charge on any atom is 0.221 e. The van der Waals surface area contributed by atoms with E-state index in [0.717, 1.165) is 5.75 Å². The number of hydrogen-bond acceptors (Lipinski definition) is 4. The molecule has 118 valence electrons. The fourth-order valence-corrected chi connectivity index (χ4v) is 2.87. The van der Waals surface area contributed by atoms with Crippen LogP contribution in [0.2, 0.25) is 0 Å². The molecule has 0 spiro atoms. The van der Waals surface area contributed by atoms with Gasteiger partial charge in [-0.1, -0.05) is 32.0 Å². The van der Waals surface area contributed by atoms with E-state index < -0.39 is 0 Å². The minimum Gasteiger partial charge on any atom is -0.351 e. The van der Waals surface area contributed by atoms with Gasteiger partial charge in [-0.2, -0.15) is 15.0 Å². The van der Waals surface area contributed by atoms with Crippen molar-refractivity contribution < 1.29 is 4.79 Å². The van der Waals surface area contributed by atoms with Gasteiger partial charge in [-0.05, 0) is 18.1 Å². The molecule has 5 nitrogen and oxygen atoms in total. The van der Waals surface area contributed by atoms with Crippen molar-refractivity contribution in [3.05, 3.63) is 42.7 Å². The summed E-state index contributed by atoms with van der Waals surface area (Å²) < 4.78 is 0. The maximum absolute atomic E-state index is 12.1. The highest BCUT2D eigenvalue weighted by molar-refractivity contribution is 7.99. The Balaban J connectivity index is 1.76. The summed E-state index contributed by atoms with van der Waals surface area (Å²) >= 11 is 1.70. The van der Waals surface area contributed by atoms with E-state index in [1.54, 1.807) is 29.0 Å². The highest BCUT2D eigenvalue weighted by Crippen LogP contribution is 2.17. The van der Waals surface area contributed by atoms with Crippen molar-refractivity contribution in [2.24, 2.45) is 5.92 Å². The van der Waals surface area contributed by atoms with Crippen LogP contribution in [0.25, 0.3) is 0 Å². The van der Waals surface area contributed by atoms with E-state index in [4.69, 9.17) is 0 Å². The summed E-state index contributed by atoms with van der Waals surface area (Å²) in [5.41, 5.74) is 0. The molecule has 1 atom stereocenters. The van der Waals surface area contributed by atoms with Crippen LogP contribution in [0, 0.1) is 5.92 Å². The zero-order chi connectivity index (χ0) is 15.8. The molecule has 1 amide bonds. The monoisotopic (exact) mass is 318 g/mol. The molecule has 1 heterocycles. The Morgan fingerprint density at radius 2 is 1.91 bits per heavy atom. The second kappa shape index (κ2) is 8.58. The zero-order valence-corrected chi connectivity index (χ0v) is 13.8. The van der Waals surface area contributed by atoms with Crippen LogP contribution < -0.4 is 5.32 Å². The molecule has 0 aliphatic heterocycles. The molecule has 0 bridgehead atoms. The normalized spacial score (nSPS) is 12.3. The number of carbonyl (C=O) groups excluding carboxylic acids is 1. The van der Waals surface area contributed by atoms with Gasteiger partial charge in [0.15, 0.2) is 0 Å². The van der Waals surface area contributed by atoms with Crippen molar-refractivity contribution in [2.45, 2.75) is 37.8 Å². The van der Waals surface area contributed by atoms with Gasteiger partial charge in [-0.3, -0.25) is 4.79 Å². The molecule has 2 aromatic rings. The van der Waals surface area contributed by atoms with Crippen molar-refractivity contribution in [1.29, 1.82) is 0 Å². The third kappa shape index (κ3) is 5.52. The number of amides is 1. The smallest absolute Gasteiger partial charge is 0.221 e. The van der Waals surface area contributed by atoms with E-state index in [9.17, 15) is 4.79 Å². The van der Waals surface area contributed by atoms with E-state index in [-0.39, 0.29) is 11.9 Å². The van der Waals surface area contributed by atoms with Crippen LogP contribution in [0.15, 0.2) is 47.6 Å². The molecule has 1 aromatic heterocycles. The summed E-state index contributed by atoms with van der Waals surface area (Å²) in [5.74, 6) is 1.19. The first-order chi connectivity index (χ1) is 10.6. The lowest BCUT2D eigenvalue weighted by atomic mass is 10.0. The highest BCUT2D eigenvalue weighted by atomic mass is 32.2. The fraction of sp³-hybridized carbons (Fsp3) is 0.438. The van der Waals surface area contributed by atoms with E-state index in [1.165, 1.54) is 4.90 Å². The first-order valence-corrected chi connectivity index (χ1v) is 8.45. The zero-order valence-electron chi connectivity index (χ0n) is 13.0. The van der Waals surface area contributed by atoms with E-state index in [1.807, 2.05) is 18.2 Å². The summed E-state index contributed by atoms with van der Waals surface area (Å²) in [6.45, 7) is 4.78. The van der Waals surface area contributed by atoms with Gasteiger partial charge < -0.3 is 5.32 Å². The van der Waals surface area contributed by atoms with Crippen molar-refractivity contribution in [2.75, 3.05) is 5.75 Å². The van der Waals surface area contributed by atoms with Gasteiger partial charge in [0, 0.05) is 17.1 Å². The lowest BCUT2D eigenvalue weighted by Crippen LogP contribution is -2.42. The van der Waals surface area contributed by atoms with E-state index in [2.05, 4.69) is 41.5 Å². The molecule has 0 saturated carbocycles. The van der Waals surface area contributed by atoms with Crippen molar-refractivity contribution in [3.8, 4) is 0 Å². The molecule has 1 aromatic carbocycles. The molecule has 1 N–H and O–H groups in total. The summed E-state index contributed by atoms with van der Waals surface area (Å²) in [6, 6.07) is 10.2. The third-order valence-corrected chi connectivity index (χ3v) is 4.33. The molecule has 0 fully saturated rings. The lowest BCUT2D eigenvalue weighted by molar-refractivity contribution is -0.121. The first kappa shape index (κ1) is 16.5. The minimum absolute atomic E-state index is 0.0432. The molecule has 0 radical (unpaired) electrons. The summed E-state index contributed by atoms with van der Waals surface area (Å²) in [4.78, 5) is 14.9. The van der Waals surface area contributed by atoms with Crippen LogP contribution in [0.3, 0.4) is 0 Å². The predicted octanol–water partition coefficient (Wildman–Crippen LogP) is 2.60. The summed E-state index contributed by atoms with van der Waals surface area (Å²) in [7, 11) is 0. The lowest BCUT2D eigenvalue weighted by Gasteiger charge is -2.21. The number of nitrogens with zero attached hydrogens (tertiary/aromatic N) is 3. The summed E-state index contributed by atoms with van der Waals surface area (Å²) in [5, 5.41) is 11.3. The second-order valence-corrected chi connectivity index (χ2v) is 6.58. The Kier molecular flexibility index (Phi) is 6.45. The van der Waals surface area contributed by atoms with Crippen LogP contribution in [-0.2, 0) is 11.3 Å². The minimum atomic E-state index is 0.0432. The standard InChI is InChI=1S/C16H22N4OS/c1-13(2)15(12-20-17-9-10-18-20)19-16(21)8-11-22-14-6-4-3-5-7-14/h3-7,9-10,13,15H,8,11-12H2,1-2H3,(H,19,21). The van der Waals surface area contributed by atoms with Gasteiger partial charge in [0.05, 0.1) is 25.0 Å². The molecular formula is C16H22N4OS. The molecule has 0 saturated heterocycles. The number of rotatable bonds is 8. The largest absolute Gasteiger partial charge is 0.351 e. The molecule has 0 aliphatic carbocycles. The molecular weight excluding hydrogens is 296 g/mol.